The quantitative estimate of drug-likeness (QED) is 0.792. The minimum absolute atomic E-state index is 1.02. The number of fused-ring (bicyclic) bond motifs is 1. The van der Waals surface area contributed by atoms with Crippen molar-refractivity contribution in [1.29, 1.82) is 0 Å². The molecule has 2 nitrogen and oxygen atoms in total. The second-order valence-corrected chi connectivity index (χ2v) is 4.81. The van der Waals surface area contributed by atoms with E-state index in [0.29, 0.717) is 0 Å². The minimum Gasteiger partial charge on any atom is -0.313 e. The number of nitrogens with one attached hydrogen (secondary N) is 1. The highest BCUT2D eigenvalue weighted by Gasteiger charge is 2.07. The Balaban J connectivity index is 2.01. The highest BCUT2D eigenvalue weighted by Crippen LogP contribution is 2.24. The van der Waals surface area contributed by atoms with Crippen LogP contribution in [0, 0.1) is 0 Å². The summed E-state index contributed by atoms with van der Waals surface area (Å²) in [6, 6.07) is 8.30. The van der Waals surface area contributed by atoms with Crippen LogP contribution in [0.25, 0.3) is 16.3 Å². The molecule has 2 heterocycles. The zero-order valence-electron chi connectivity index (χ0n) is 8.36. The van der Waals surface area contributed by atoms with Crippen LogP contribution >= 0.6 is 11.3 Å². The average Bonchev–Trinajstić information content (AvgIpc) is 2.86. The van der Waals surface area contributed by atoms with Crippen molar-refractivity contribution in [1.82, 2.24) is 10.3 Å². The van der Waals surface area contributed by atoms with Crippen LogP contribution in [-0.4, -0.2) is 18.1 Å². The van der Waals surface area contributed by atoms with Crippen molar-refractivity contribution in [3.8, 4) is 0 Å². The Morgan fingerprint density at radius 3 is 3.07 bits per heavy atom. The predicted molar refractivity (Wildman–Crippen MR) is 65.1 cm³/mol. The van der Waals surface area contributed by atoms with Crippen molar-refractivity contribution in [2.75, 3.05) is 13.1 Å². The lowest BCUT2D eigenvalue weighted by atomic mass is 10.2. The van der Waals surface area contributed by atoms with Crippen molar-refractivity contribution in [3.05, 3.63) is 34.8 Å². The molecular weight excluding hydrogens is 204 g/mol. The molecule has 0 saturated carbocycles. The van der Waals surface area contributed by atoms with Gasteiger partial charge in [-0.05, 0) is 31.2 Å². The van der Waals surface area contributed by atoms with Gasteiger partial charge in [-0.25, -0.2) is 4.98 Å². The summed E-state index contributed by atoms with van der Waals surface area (Å²) in [7, 11) is 0. The van der Waals surface area contributed by atoms with Crippen LogP contribution < -0.4 is 5.32 Å². The molecule has 0 unspecified atom stereocenters. The molecule has 1 aliphatic rings. The second kappa shape index (κ2) is 3.76. The molecular formula is C12H12N2S. The number of para-hydroxylation sites is 1. The molecule has 3 rings (SSSR count). The normalized spacial score (nSPS) is 19.1. The zero-order valence-corrected chi connectivity index (χ0v) is 9.18. The van der Waals surface area contributed by atoms with Crippen LogP contribution in [0.4, 0.5) is 0 Å². The summed E-state index contributed by atoms with van der Waals surface area (Å²) in [6.07, 6.45) is 3.39. The topological polar surface area (TPSA) is 24.9 Å². The van der Waals surface area contributed by atoms with Crippen LogP contribution in [-0.2, 0) is 0 Å². The highest BCUT2D eigenvalue weighted by molar-refractivity contribution is 7.19. The molecule has 76 valence electrons. The Labute approximate surface area is 92.7 Å². The van der Waals surface area contributed by atoms with Crippen LogP contribution in [0.5, 0.6) is 0 Å². The van der Waals surface area contributed by atoms with E-state index >= 15 is 0 Å². The van der Waals surface area contributed by atoms with E-state index in [4.69, 9.17) is 0 Å². The van der Waals surface area contributed by atoms with Crippen molar-refractivity contribution >= 4 is 27.6 Å². The maximum Gasteiger partial charge on any atom is 0.117 e. The SMILES string of the molecule is C(=C1\CCNC1)/c1nc2ccccc2s1. The fraction of sp³-hybridized carbons (Fsp3) is 0.250. The van der Waals surface area contributed by atoms with Gasteiger partial charge in [0.15, 0.2) is 0 Å². The molecule has 1 aromatic carbocycles. The lowest BCUT2D eigenvalue weighted by Gasteiger charge is -1.90. The van der Waals surface area contributed by atoms with Gasteiger partial charge in [-0.15, -0.1) is 11.3 Å². The lowest BCUT2D eigenvalue weighted by molar-refractivity contribution is 0.862. The molecule has 15 heavy (non-hydrogen) atoms. The summed E-state index contributed by atoms with van der Waals surface area (Å²) in [6.45, 7) is 2.13. The summed E-state index contributed by atoms with van der Waals surface area (Å²) < 4.78 is 1.27. The third kappa shape index (κ3) is 1.80. The summed E-state index contributed by atoms with van der Waals surface area (Å²) in [5.41, 5.74) is 2.58. The van der Waals surface area contributed by atoms with Gasteiger partial charge in [0, 0.05) is 6.54 Å². The smallest absolute Gasteiger partial charge is 0.117 e. The number of rotatable bonds is 1. The van der Waals surface area contributed by atoms with Crippen molar-refractivity contribution in [3.63, 3.8) is 0 Å². The monoisotopic (exact) mass is 216 g/mol. The van der Waals surface area contributed by atoms with E-state index in [1.54, 1.807) is 11.3 Å². The number of hydrogen-bond acceptors (Lipinski definition) is 3. The van der Waals surface area contributed by atoms with E-state index in [0.717, 1.165) is 30.0 Å². The Hall–Kier alpha value is -1.19. The van der Waals surface area contributed by atoms with Crippen LogP contribution in [0.3, 0.4) is 0 Å². The van der Waals surface area contributed by atoms with E-state index in [1.165, 1.54) is 10.3 Å². The zero-order chi connectivity index (χ0) is 10.1. The van der Waals surface area contributed by atoms with Crippen LogP contribution in [0.2, 0.25) is 0 Å². The molecule has 0 radical (unpaired) electrons. The molecule has 1 N–H and O–H groups in total. The lowest BCUT2D eigenvalue weighted by Crippen LogP contribution is -2.04. The van der Waals surface area contributed by atoms with Gasteiger partial charge >= 0.3 is 0 Å². The maximum atomic E-state index is 4.59. The predicted octanol–water partition coefficient (Wildman–Crippen LogP) is 2.67. The standard InChI is InChI=1S/C12H12N2S/c1-2-4-11-10(3-1)14-12(15-11)7-9-5-6-13-8-9/h1-4,7,13H,5-6,8H2/b9-7-. The van der Waals surface area contributed by atoms with Gasteiger partial charge < -0.3 is 5.32 Å². The molecule has 1 aliphatic heterocycles. The fourth-order valence-electron chi connectivity index (χ4n) is 1.84. The molecule has 1 fully saturated rings. The summed E-state index contributed by atoms with van der Waals surface area (Å²) in [5, 5.41) is 4.47. The Morgan fingerprint density at radius 1 is 1.33 bits per heavy atom. The summed E-state index contributed by atoms with van der Waals surface area (Å²) >= 11 is 1.77. The molecule has 0 atom stereocenters. The molecule has 0 spiro atoms. The van der Waals surface area contributed by atoms with Gasteiger partial charge in [-0.2, -0.15) is 0 Å². The number of aromatic nitrogens is 1. The first-order valence-electron chi connectivity index (χ1n) is 5.17. The average molecular weight is 216 g/mol. The van der Waals surface area contributed by atoms with E-state index in [2.05, 4.69) is 34.6 Å². The van der Waals surface area contributed by atoms with E-state index in [-0.39, 0.29) is 0 Å². The molecule has 1 aromatic heterocycles. The molecule has 0 amide bonds. The molecule has 2 aromatic rings. The Kier molecular flexibility index (Phi) is 2.27. The molecule has 0 aliphatic carbocycles. The molecule has 3 heteroatoms. The van der Waals surface area contributed by atoms with E-state index in [9.17, 15) is 0 Å². The third-order valence-corrected chi connectivity index (χ3v) is 3.60. The van der Waals surface area contributed by atoms with Crippen molar-refractivity contribution in [2.45, 2.75) is 6.42 Å². The minimum atomic E-state index is 1.02. The molecule has 0 bridgehead atoms. The summed E-state index contributed by atoms with van der Waals surface area (Å²) in [4.78, 5) is 4.59. The number of nitrogens with zero attached hydrogens (tertiary/aromatic N) is 1. The van der Waals surface area contributed by atoms with Crippen molar-refractivity contribution < 1.29 is 0 Å². The van der Waals surface area contributed by atoms with Gasteiger partial charge in [0.2, 0.25) is 0 Å². The van der Waals surface area contributed by atoms with Gasteiger partial charge in [0.05, 0.1) is 10.2 Å². The largest absolute Gasteiger partial charge is 0.313 e. The number of benzene rings is 1. The molecule has 1 saturated heterocycles. The maximum absolute atomic E-state index is 4.59. The third-order valence-electron chi connectivity index (χ3n) is 2.61. The highest BCUT2D eigenvalue weighted by atomic mass is 32.1. The van der Waals surface area contributed by atoms with Crippen LogP contribution in [0.1, 0.15) is 11.4 Å². The van der Waals surface area contributed by atoms with Gasteiger partial charge in [-0.3, -0.25) is 0 Å². The fourth-order valence-corrected chi connectivity index (χ4v) is 2.80. The Morgan fingerprint density at radius 2 is 2.27 bits per heavy atom. The first-order valence-corrected chi connectivity index (χ1v) is 5.99. The summed E-state index contributed by atoms with van der Waals surface area (Å²) in [5.74, 6) is 0. The van der Waals surface area contributed by atoms with Gasteiger partial charge in [0.1, 0.15) is 5.01 Å². The van der Waals surface area contributed by atoms with Gasteiger partial charge in [-0.1, -0.05) is 17.7 Å². The van der Waals surface area contributed by atoms with Crippen molar-refractivity contribution in [2.24, 2.45) is 0 Å². The number of hydrogen-bond donors (Lipinski definition) is 1. The second-order valence-electron chi connectivity index (χ2n) is 3.75. The van der Waals surface area contributed by atoms with Gasteiger partial charge in [0.25, 0.3) is 0 Å². The van der Waals surface area contributed by atoms with Crippen LogP contribution in [0.15, 0.2) is 29.8 Å². The first-order chi connectivity index (χ1) is 7.42. The first kappa shape index (κ1) is 9.07. The van der Waals surface area contributed by atoms with E-state index in [1.807, 2.05) is 6.07 Å². The van der Waals surface area contributed by atoms with E-state index < -0.39 is 0 Å². The Bertz CT molecular complexity index is 472. The number of thiazole rings is 1.